The van der Waals surface area contributed by atoms with Gasteiger partial charge in [0.15, 0.2) is 0 Å². The van der Waals surface area contributed by atoms with Gasteiger partial charge in [-0.1, -0.05) is 42.5 Å². The minimum atomic E-state index is -0.463. The second-order valence-corrected chi connectivity index (χ2v) is 3.05. The average Bonchev–Trinajstić information content (AvgIpc) is 2.06. The second-order valence-electron chi connectivity index (χ2n) is 2.71. The molecule has 1 rings (SSSR count). The van der Waals surface area contributed by atoms with Crippen LogP contribution in [0.3, 0.4) is 0 Å². The van der Waals surface area contributed by atoms with Crippen molar-refractivity contribution in [2.24, 2.45) is 0 Å². The van der Waals surface area contributed by atoms with E-state index < -0.39 is 5.24 Å². The summed E-state index contributed by atoms with van der Waals surface area (Å²) in [6, 6.07) is 10.3. The summed E-state index contributed by atoms with van der Waals surface area (Å²) in [4.78, 5) is 9.81. The summed E-state index contributed by atoms with van der Waals surface area (Å²) in [6.07, 6.45) is 0. The molecule has 0 aliphatic carbocycles. The number of carbonyl (C=O) groups excluding carboxylic acids is 1. The van der Waals surface area contributed by atoms with Gasteiger partial charge < -0.3 is 0 Å². The molecule has 0 aromatic heterocycles. The Morgan fingerprint density at radius 1 is 1.31 bits per heavy atom. The van der Waals surface area contributed by atoms with Gasteiger partial charge in [-0.3, -0.25) is 4.79 Å². The molecule has 0 saturated carbocycles. The van der Waals surface area contributed by atoms with Crippen molar-refractivity contribution in [2.45, 2.75) is 13.8 Å². The van der Waals surface area contributed by atoms with E-state index in [0.29, 0.717) is 5.57 Å². The van der Waals surface area contributed by atoms with E-state index in [1.54, 1.807) is 6.92 Å². The first-order valence-electron chi connectivity index (χ1n) is 3.91. The third-order valence-electron chi connectivity index (χ3n) is 1.28. The molecule has 0 heterocycles. The molecule has 13 heavy (non-hydrogen) atoms. The third-order valence-corrected chi connectivity index (χ3v) is 1.60. The smallest absolute Gasteiger partial charge is 0.247 e. The number of halogens is 1. The summed E-state index contributed by atoms with van der Waals surface area (Å²) in [5.41, 5.74) is 1.71. The van der Waals surface area contributed by atoms with Crippen molar-refractivity contribution in [1.29, 1.82) is 0 Å². The first kappa shape index (κ1) is 11.9. The zero-order valence-electron chi connectivity index (χ0n) is 7.88. The Kier molecular flexibility index (Phi) is 5.90. The number of hydrogen-bond acceptors (Lipinski definition) is 1. The fourth-order valence-electron chi connectivity index (χ4n) is 0.534. The highest BCUT2D eigenvalue weighted by Crippen LogP contribution is 1.92. The number of hydrogen-bond donors (Lipinski definition) is 0. The fraction of sp³-hybridized carbons (Fsp3) is 0.182. The predicted octanol–water partition coefficient (Wildman–Crippen LogP) is 3.32. The quantitative estimate of drug-likeness (QED) is 0.498. The molecule has 0 fully saturated rings. The largest absolute Gasteiger partial charge is 0.276 e. The number of carbonyl (C=O) groups is 1. The summed E-state index contributed by atoms with van der Waals surface area (Å²) >= 11 is 4.87. The van der Waals surface area contributed by atoms with Crippen LogP contribution in [-0.2, 0) is 4.79 Å². The highest BCUT2D eigenvalue weighted by atomic mass is 35.5. The van der Waals surface area contributed by atoms with E-state index in [4.69, 9.17) is 11.6 Å². The van der Waals surface area contributed by atoms with Gasteiger partial charge in [0.2, 0.25) is 5.24 Å². The zero-order valence-corrected chi connectivity index (χ0v) is 8.64. The van der Waals surface area contributed by atoms with Crippen molar-refractivity contribution < 1.29 is 4.79 Å². The van der Waals surface area contributed by atoms with Crippen molar-refractivity contribution in [2.75, 3.05) is 0 Å². The maximum Gasteiger partial charge on any atom is 0.247 e. The summed E-state index contributed by atoms with van der Waals surface area (Å²) in [6.45, 7) is 6.92. The van der Waals surface area contributed by atoms with Gasteiger partial charge in [-0.2, -0.15) is 0 Å². The molecule has 0 N–H and O–H groups in total. The Hall–Kier alpha value is -1.08. The Morgan fingerprint density at radius 3 is 1.85 bits per heavy atom. The molecule has 2 heteroatoms. The van der Waals surface area contributed by atoms with Gasteiger partial charge in [-0.25, -0.2) is 0 Å². The lowest BCUT2D eigenvalue weighted by atomic mass is 10.2. The monoisotopic (exact) mass is 196 g/mol. The number of rotatable bonds is 1. The topological polar surface area (TPSA) is 17.1 Å². The number of benzene rings is 1. The van der Waals surface area contributed by atoms with E-state index in [2.05, 4.69) is 25.6 Å². The summed E-state index contributed by atoms with van der Waals surface area (Å²) in [5, 5.41) is -0.463. The van der Waals surface area contributed by atoms with Crippen molar-refractivity contribution in [1.82, 2.24) is 0 Å². The van der Waals surface area contributed by atoms with Crippen LogP contribution in [0.5, 0.6) is 0 Å². The molecule has 1 aromatic carbocycles. The molecular weight excluding hydrogens is 184 g/mol. The molecular formula is C11H13ClO. The first-order valence-corrected chi connectivity index (χ1v) is 4.29. The van der Waals surface area contributed by atoms with Gasteiger partial charge in [-0.15, -0.1) is 0 Å². The standard InChI is InChI=1S/C7H8.C4H5ClO/c1-7-5-3-2-4-6-7;1-3(2)4(5)6/h2-6H,1H3;1H2,2H3. The van der Waals surface area contributed by atoms with E-state index in [1.807, 2.05) is 18.2 Å². The average molecular weight is 197 g/mol. The summed E-state index contributed by atoms with van der Waals surface area (Å²) < 4.78 is 0. The van der Waals surface area contributed by atoms with E-state index in [9.17, 15) is 4.79 Å². The van der Waals surface area contributed by atoms with Crippen LogP contribution in [0.4, 0.5) is 0 Å². The Morgan fingerprint density at radius 2 is 1.69 bits per heavy atom. The Labute approximate surface area is 84.0 Å². The molecule has 0 aliphatic heterocycles. The van der Waals surface area contributed by atoms with Crippen LogP contribution < -0.4 is 0 Å². The number of aryl methyl sites for hydroxylation is 1. The Balaban J connectivity index is 0.000000226. The van der Waals surface area contributed by atoms with E-state index in [0.717, 1.165) is 0 Å². The Bertz CT molecular complexity index is 265. The second kappa shape index (κ2) is 6.44. The molecule has 0 aliphatic rings. The number of allylic oxidation sites excluding steroid dienone is 1. The first-order chi connectivity index (χ1) is 6.04. The van der Waals surface area contributed by atoms with Gasteiger partial charge in [0.25, 0.3) is 0 Å². The molecule has 0 saturated heterocycles. The van der Waals surface area contributed by atoms with Crippen molar-refractivity contribution in [3.63, 3.8) is 0 Å². The van der Waals surface area contributed by atoms with Crippen LogP contribution in [0, 0.1) is 6.92 Å². The molecule has 0 bridgehead atoms. The summed E-state index contributed by atoms with van der Waals surface area (Å²) in [5.74, 6) is 0. The molecule has 1 aromatic rings. The lowest BCUT2D eigenvalue weighted by Crippen LogP contribution is -1.81. The molecule has 0 radical (unpaired) electrons. The third kappa shape index (κ3) is 7.29. The van der Waals surface area contributed by atoms with Crippen LogP contribution in [0.15, 0.2) is 42.5 Å². The summed E-state index contributed by atoms with van der Waals surface area (Å²) in [7, 11) is 0. The van der Waals surface area contributed by atoms with Gasteiger partial charge in [0.05, 0.1) is 0 Å². The molecule has 70 valence electrons. The highest BCUT2D eigenvalue weighted by Gasteiger charge is 1.89. The highest BCUT2D eigenvalue weighted by molar-refractivity contribution is 6.67. The normalized spacial score (nSPS) is 8.23. The minimum Gasteiger partial charge on any atom is -0.276 e. The predicted molar refractivity (Wildman–Crippen MR) is 56.9 cm³/mol. The van der Waals surface area contributed by atoms with Gasteiger partial charge >= 0.3 is 0 Å². The maximum atomic E-state index is 9.81. The lowest BCUT2D eigenvalue weighted by Gasteiger charge is -1.82. The van der Waals surface area contributed by atoms with E-state index in [-0.39, 0.29) is 0 Å². The molecule has 1 nitrogen and oxygen atoms in total. The van der Waals surface area contributed by atoms with Gasteiger partial charge in [0.1, 0.15) is 0 Å². The van der Waals surface area contributed by atoms with E-state index >= 15 is 0 Å². The molecule has 0 spiro atoms. The van der Waals surface area contributed by atoms with Crippen LogP contribution in [0.2, 0.25) is 0 Å². The van der Waals surface area contributed by atoms with Gasteiger partial charge in [0, 0.05) is 5.57 Å². The van der Waals surface area contributed by atoms with Crippen molar-refractivity contribution in [3.05, 3.63) is 48.0 Å². The lowest BCUT2D eigenvalue weighted by molar-refractivity contribution is -0.108. The maximum absolute atomic E-state index is 9.81. The molecule has 0 amide bonds. The van der Waals surface area contributed by atoms with Crippen LogP contribution in [0.1, 0.15) is 12.5 Å². The van der Waals surface area contributed by atoms with Crippen LogP contribution in [-0.4, -0.2) is 5.24 Å². The van der Waals surface area contributed by atoms with Crippen LogP contribution in [0.25, 0.3) is 0 Å². The van der Waals surface area contributed by atoms with Crippen molar-refractivity contribution in [3.8, 4) is 0 Å². The zero-order chi connectivity index (χ0) is 10.3. The molecule has 0 unspecified atom stereocenters. The molecule has 0 atom stereocenters. The fourth-order valence-corrected chi connectivity index (χ4v) is 0.534. The minimum absolute atomic E-state index is 0.386. The van der Waals surface area contributed by atoms with E-state index in [1.165, 1.54) is 5.56 Å². The van der Waals surface area contributed by atoms with Crippen molar-refractivity contribution >= 4 is 16.8 Å². The van der Waals surface area contributed by atoms with Gasteiger partial charge in [-0.05, 0) is 25.4 Å². The van der Waals surface area contributed by atoms with Crippen LogP contribution >= 0.6 is 11.6 Å². The SMILES string of the molecule is C=C(C)C(=O)Cl.Cc1ccccc1.